The van der Waals surface area contributed by atoms with E-state index in [1.54, 1.807) is 54.6 Å². The third-order valence-electron chi connectivity index (χ3n) is 10.2. The van der Waals surface area contributed by atoms with Gasteiger partial charge in [0.05, 0.1) is 37.4 Å². The molecule has 0 atom stereocenters. The Morgan fingerprint density at radius 1 is 0.736 bits per heavy atom. The molecule has 4 aromatic rings. The summed E-state index contributed by atoms with van der Waals surface area (Å²) in [7, 11) is -4.92. The van der Waals surface area contributed by atoms with Gasteiger partial charge in [0.25, 0.3) is 0 Å². The molecule has 0 amide bonds. The number of hydrogen-bond acceptors (Lipinski definition) is 8. The maximum atomic E-state index is 14.4. The molecular formula is C42H54NO7S3+. The van der Waals surface area contributed by atoms with E-state index in [1.165, 1.54) is 17.8 Å². The molecule has 5 rings (SSSR count). The van der Waals surface area contributed by atoms with Crippen LogP contribution in [0, 0.1) is 0 Å². The Bertz CT molecular complexity index is 2080. The van der Waals surface area contributed by atoms with Crippen LogP contribution in [0.1, 0.15) is 116 Å². The van der Waals surface area contributed by atoms with E-state index in [1.807, 2.05) is 12.1 Å². The van der Waals surface area contributed by atoms with Crippen LogP contribution in [0.15, 0.2) is 66.7 Å². The van der Waals surface area contributed by atoms with Crippen LogP contribution >= 0.6 is 11.3 Å². The minimum atomic E-state index is -3.75. The lowest BCUT2D eigenvalue weighted by Crippen LogP contribution is -2.50. The fraction of sp³-hybridized carbons (Fsp3) is 0.476. The number of benzene rings is 3. The summed E-state index contributed by atoms with van der Waals surface area (Å²) in [4.78, 5) is 28.3. The van der Waals surface area contributed by atoms with Gasteiger partial charge in [-0.25, -0.2) is 8.42 Å². The van der Waals surface area contributed by atoms with E-state index in [0.717, 1.165) is 73.6 Å². The molecule has 8 nitrogen and oxygen atoms in total. The van der Waals surface area contributed by atoms with E-state index >= 15 is 0 Å². The van der Waals surface area contributed by atoms with Crippen molar-refractivity contribution in [1.82, 2.24) is 0 Å². The highest BCUT2D eigenvalue weighted by Gasteiger charge is 2.29. The van der Waals surface area contributed by atoms with Crippen molar-refractivity contribution in [2.24, 2.45) is 0 Å². The summed E-state index contributed by atoms with van der Waals surface area (Å²) >= 11 is 1.40. The largest absolute Gasteiger partial charge is 0.382 e. The molecule has 11 heteroatoms. The average Bonchev–Trinajstić information content (AvgIpc) is 3.50. The third-order valence-corrected chi connectivity index (χ3v) is 14.3. The summed E-state index contributed by atoms with van der Waals surface area (Å²) in [5.41, 5.74) is 2.87. The second-order valence-corrected chi connectivity index (χ2v) is 19.8. The maximum Gasteiger partial charge on any atom is 0.309 e. The van der Waals surface area contributed by atoms with Crippen molar-refractivity contribution in [3.63, 3.8) is 0 Å². The number of sulfone groups is 1. The zero-order valence-electron chi connectivity index (χ0n) is 31.4. The summed E-state index contributed by atoms with van der Waals surface area (Å²) < 4.78 is 58.1. The van der Waals surface area contributed by atoms with E-state index < -0.39 is 20.0 Å². The van der Waals surface area contributed by atoms with E-state index in [9.17, 15) is 26.4 Å². The summed E-state index contributed by atoms with van der Waals surface area (Å²) in [5, 5.41) is 0.705. The molecule has 1 aliphatic heterocycles. The summed E-state index contributed by atoms with van der Waals surface area (Å²) in [6, 6.07) is 19.0. The maximum absolute atomic E-state index is 14.4. The number of likely N-dealkylation sites (N-methyl/N-ethyl adjacent to an activating group) is 1. The quantitative estimate of drug-likeness (QED) is 0.0380. The fourth-order valence-corrected chi connectivity index (χ4v) is 10.9. The summed E-state index contributed by atoms with van der Waals surface area (Å²) in [6.07, 6.45) is 10.4. The SMILES string of the molecule is CCCCCCS(=O)(=O)Cc1ccc2c(C(=O)c3ccc(C(=O)C[N+]4(C)CCCCC4)cc3)c(-c3ccc(OS(=O)(=O)CCCCCC)cc3)sc2c1. The molecule has 0 N–H and O–H groups in total. The van der Waals surface area contributed by atoms with Crippen molar-refractivity contribution in [2.45, 2.75) is 90.2 Å². The average molecular weight is 781 g/mol. The molecule has 0 spiro atoms. The van der Waals surface area contributed by atoms with Crippen LogP contribution < -0.4 is 4.18 Å². The number of likely N-dealkylation sites (tertiary alicyclic amines) is 1. The predicted molar refractivity (Wildman–Crippen MR) is 216 cm³/mol. The van der Waals surface area contributed by atoms with Gasteiger partial charge in [-0.05, 0) is 73.6 Å². The molecule has 3 aromatic carbocycles. The van der Waals surface area contributed by atoms with Crippen LogP contribution in [0.5, 0.6) is 5.75 Å². The van der Waals surface area contributed by atoms with Gasteiger partial charge in [0.1, 0.15) is 12.3 Å². The van der Waals surface area contributed by atoms with Crippen LogP contribution in [-0.2, 0) is 25.7 Å². The Kier molecular flexibility index (Phi) is 14.1. The number of ketones is 2. The van der Waals surface area contributed by atoms with Crippen molar-refractivity contribution in [3.05, 3.63) is 89.0 Å². The number of Topliss-reactive ketones (excluding diaryl/α,β-unsaturated/α-hetero) is 1. The fourth-order valence-electron chi connectivity index (χ4n) is 7.11. The number of piperidine rings is 1. The normalized spacial score (nSPS) is 14.7. The number of rotatable bonds is 20. The number of thiophene rings is 1. The number of unbranched alkanes of at least 4 members (excludes halogenated alkanes) is 6. The molecule has 286 valence electrons. The number of carbonyl (C=O) groups is 2. The van der Waals surface area contributed by atoms with Gasteiger partial charge in [-0.15, -0.1) is 11.3 Å². The Labute approximate surface area is 320 Å². The van der Waals surface area contributed by atoms with Gasteiger partial charge in [-0.1, -0.05) is 88.8 Å². The minimum absolute atomic E-state index is 0.0522. The molecule has 0 bridgehead atoms. The number of quaternary nitrogens is 1. The summed E-state index contributed by atoms with van der Waals surface area (Å²) in [5.74, 6) is 0.0657. The van der Waals surface area contributed by atoms with Gasteiger partial charge in [-0.2, -0.15) is 8.42 Å². The predicted octanol–water partition coefficient (Wildman–Crippen LogP) is 9.40. The lowest BCUT2D eigenvalue weighted by Gasteiger charge is -2.37. The Balaban J connectivity index is 1.44. The number of nitrogens with zero attached hydrogens (tertiary/aromatic N) is 1. The number of carbonyl (C=O) groups excluding carboxylic acids is 2. The topological polar surface area (TPSA) is 112 Å². The second kappa shape index (κ2) is 18.3. The first-order valence-electron chi connectivity index (χ1n) is 19.1. The Morgan fingerprint density at radius 2 is 1.36 bits per heavy atom. The van der Waals surface area contributed by atoms with Gasteiger partial charge >= 0.3 is 10.1 Å². The first kappa shape index (κ1) is 40.8. The second-order valence-electron chi connectivity index (χ2n) is 14.8. The first-order chi connectivity index (χ1) is 25.3. The van der Waals surface area contributed by atoms with Gasteiger partial charge in [0.2, 0.25) is 5.78 Å². The Hall–Kier alpha value is -3.38. The molecule has 1 fully saturated rings. The van der Waals surface area contributed by atoms with Gasteiger partial charge in [-0.3, -0.25) is 9.59 Å². The molecule has 0 saturated carbocycles. The third kappa shape index (κ3) is 11.3. The lowest BCUT2D eigenvalue weighted by atomic mass is 9.96. The van der Waals surface area contributed by atoms with E-state index in [2.05, 4.69) is 20.9 Å². The van der Waals surface area contributed by atoms with Crippen molar-refractivity contribution in [3.8, 4) is 16.2 Å². The lowest BCUT2D eigenvalue weighted by molar-refractivity contribution is -0.906. The molecule has 1 aromatic heterocycles. The minimum Gasteiger partial charge on any atom is -0.382 e. The van der Waals surface area contributed by atoms with Crippen molar-refractivity contribution >= 4 is 52.9 Å². The standard InChI is InChI=1S/C42H54NO7S3/c1-4-6-8-13-27-52(46,47)31-32-15-24-37-39(29-32)51-42(35-20-22-36(23-21-35)50-53(48,49)28-14-9-7-5-2)40(37)41(45)34-18-16-33(17-19-34)38(44)30-43(3)25-11-10-12-26-43/h15-24,29H,4-14,25-28,30-31H2,1-3H3/q+1. The number of fused-ring (bicyclic) bond motifs is 1. The van der Waals surface area contributed by atoms with Gasteiger partial charge < -0.3 is 8.67 Å². The first-order valence-corrected chi connectivity index (χ1v) is 23.3. The highest BCUT2D eigenvalue weighted by Crippen LogP contribution is 2.41. The molecule has 0 aliphatic carbocycles. The van der Waals surface area contributed by atoms with Crippen LogP contribution in [0.3, 0.4) is 0 Å². The molecular weight excluding hydrogens is 727 g/mol. The molecule has 1 saturated heterocycles. The highest BCUT2D eigenvalue weighted by molar-refractivity contribution is 7.90. The zero-order chi connectivity index (χ0) is 38.1. The smallest absolute Gasteiger partial charge is 0.309 e. The molecule has 1 aliphatic rings. The summed E-state index contributed by atoms with van der Waals surface area (Å²) in [6.45, 7) is 6.58. The monoisotopic (exact) mass is 780 g/mol. The van der Waals surface area contributed by atoms with E-state index in [-0.39, 0.29) is 34.6 Å². The van der Waals surface area contributed by atoms with Gasteiger partial charge in [0.15, 0.2) is 15.6 Å². The molecule has 0 unspecified atom stereocenters. The van der Waals surface area contributed by atoms with E-state index in [0.29, 0.717) is 57.5 Å². The highest BCUT2D eigenvalue weighted by atomic mass is 32.2. The Morgan fingerprint density at radius 3 is 2.00 bits per heavy atom. The number of hydrogen-bond donors (Lipinski definition) is 0. The van der Waals surface area contributed by atoms with Crippen LogP contribution in [0.4, 0.5) is 0 Å². The molecule has 2 heterocycles. The van der Waals surface area contributed by atoms with E-state index in [4.69, 9.17) is 4.18 Å². The van der Waals surface area contributed by atoms with Crippen LogP contribution in [0.2, 0.25) is 0 Å². The zero-order valence-corrected chi connectivity index (χ0v) is 33.9. The van der Waals surface area contributed by atoms with Crippen molar-refractivity contribution < 1.29 is 35.1 Å². The molecule has 0 radical (unpaired) electrons. The van der Waals surface area contributed by atoms with Crippen molar-refractivity contribution in [2.75, 3.05) is 38.2 Å². The van der Waals surface area contributed by atoms with Crippen LogP contribution in [0.25, 0.3) is 20.5 Å². The molecule has 53 heavy (non-hydrogen) atoms. The van der Waals surface area contributed by atoms with Crippen molar-refractivity contribution in [1.29, 1.82) is 0 Å². The van der Waals surface area contributed by atoms with Crippen LogP contribution in [-0.4, -0.2) is 71.1 Å². The van der Waals surface area contributed by atoms with Gasteiger partial charge in [0, 0.05) is 31.7 Å².